The van der Waals surface area contributed by atoms with Gasteiger partial charge in [0.15, 0.2) is 5.58 Å². The normalized spacial score (nSPS) is 20.3. The Morgan fingerprint density at radius 3 is 2.61 bits per heavy atom. The zero-order chi connectivity index (χ0) is 27.9. The van der Waals surface area contributed by atoms with Crippen LogP contribution in [-0.2, 0) is 9.47 Å². The van der Waals surface area contributed by atoms with E-state index in [1.54, 1.807) is 30.6 Å². The lowest BCUT2D eigenvalue weighted by molar-refractivity contribution is -0.171. The summed E-state index contributed by atoms with van der Waals surface area (Å²) in [4.78, 5) is 24.4. The van der Waals surface area contributed by atoms with E-state index in [2.05, 4.69) is 16.0 Å². The molecule has 4 aliphatic rings. The number of nitrogens with zero attached hydrogens (tertiary/aromatic N) is 4. The fraction of sp³-hybridized carbons (Fsp3) is 0.355. The fourth-order valence-corrected chi connectivity index (χ4v) is 5.86. The zero-order valence-electron chi connectivity index (χ0n) is 22.5. The Hall–Kier alpha value is -4.46. The molecule has 2 atom stereocenters. The lowest BCUT2D eigenvalue weighted by Gasteiger charge is -2.47. The maximum atomic E-state index is 13.7. The van der Waals surface area contributed by atoms with E-state index in [9.17, 15) is 10.1 Å². The molecule has 0 N–H and O–H groups in total. The molecular formula is C31H28N4O6. The maximum Gasteiger partial charge on any atom is 0.255 e. The SMILES string of the molecule is COc1nccc(C(=O)N2CC3CC(C2)O3)c1-c1cc2nccc(-c3ccc(OC4CCOCC4)c(C#N)c3)c2o1. The van der Waals surface area contributed by atoms with Crippen molar-refractivity contribution in [3.8, 4) is 40.1 Å². The average molecular weight is 553 g/mol. The van der Waals surface area contributed by atoms with Crippen LogP contribution in [0.4, 0.5) is 0 Å². The summed E-state index contributed by atoms with van der Waals surface area (Å²) in [7, 11) is 1.52. The summed E-state index contributed by atoms with van der Waals surface area (Å²) < 4.78 is 29.3. The molecule has 2 bridgehead atoms. The third-order valence-electron chi connectivity index (χ3n) is 7.92. The van der Waals surface area contributed by atoms with Gasteiger partial charge in [0, 0.05) is 56.4 Å². The number of piperidine rings is 1. The molecule has 1 aromatic carbocycles. The predicted molar refractivity (Wildman–Crippen MR) is 148 cm³/mol. The van der Waals surface area contributed by atoms with Gasteiger partial charge in [0.25, 0.3) is 5.91 Å². The lowest BCUT2D eigenvalue weighted by atomic mass is 9.97. The molecule has 4 fully saturated rings. The molecule has 10 nitrogen and oxygen atoms in total. The van der Waals surface area contributed by atoms with Gasteiger partial charge in [-0.3, -0.25) is 9.78 Å². The number of carbonyl (C=O) groups excluding carboxylic acids is 1. The molecular weight excluding hydrogens is 524 g/mol. The summed E-state index contributed by atoms with van der Waals surface area (Å²) in [5.41, 5.74) is 4.05. The van der Waals surface area contributed by atoms with Crippen LogP contribution in [-0.4, -0.2) is 72.5 Å². The van der Waals surface area contributed by atoms with E-state index in [0.717, 1.165) is 30.4 Å². The second-order valence-corrected chi connectivity index (χ2v) is 10.5. The zero-order valence-corrected chi connectivity index (χ0v) is 22.5. The topological polar surface area (TPSA) is 120 Å². The van der Waals surface area contributed by atoms with Crippen LogP contribution in [0.15, 0.2) is 53.2 Å². The van der Waals surface area contributed by atoms with Crippen LogP contribution >= 0.6 is 0 Å². The van der Waals surface area contributed by atoms with Gasteiger partial charge >= 0.3 is 0 Å². The summed E-state index contributed by atoms with van der Waals surface area (Å²) in [6.07, 6.45) is 6.05. The van der Waals surface area contributed by atoms with Crippen LogP contribution in [0.3, 0.4) is 0 Å². The molecule has 2 unspecified atom stereocenters. The van der Waals surface area contributed by atoms with Crippen LogP contribution in [0.25, 0.3) is 33.6 Å². The Morgan fingerprint density at radius 2 is 1.85 bits per heavy atom. The Kier molecular flexibility index (Phi) is 6.53. The second-order valence-electron chi connectivity index (χ2n) is 10.5. The maximum absolute atomic E-state index is 13.7. The van der Waals surface area contributed by atoms with Crippen LogP contribution in [0.5, 0.6) is 11.6 Å². The van der Waals surface area contributed by atoms with Crippen LogP contribution in [0.1, 0.15) is 35.2 Å². The van der Waals surface area contributed by atoms with E-state index in [1.807, 2.05) is 23.1 Å². The van der Waals surface area contributed by atoms with Crippen molar-refractivity contribution in [2.75, 3.05) is 33.4 Å². The summed E-state index contributed by atoms with van der Waals surface area (Å²) in [6.45, 7) is 2.42. The van der Waals surface area contributed by atoms with E-state index in [0.29, 0.717) is 65.6 Å². The molecule has 4 saturated heterocycles. The van der Waals surface area contributed by atoms with Gasteiger partial charge in [-0.15, -0.1) is 0 Å². The van der Waals surface area contributed by atoms with Gasteiger partial charge in [0.2, 0.25) is 5.88 Å². The van der Waals surface area contributed by atoms with Gasteiger partial charge in [-0.2, -0.15) is 5.26 Å². The molecule has 3 aromatic heterocycles. The van der Waals surface area contributed by atoms with Crippen LogP contribution < -0.4 is 9.47 Å². The number of fused-ring (bicyclic) bond motifs is 3. The number of ether oxygens (including phenoxy) is 4. The number of pyridine rings is 2. The summed E-state index contributed by atoms with van der Waals surface area (Å²) in [6, 6.07) is 13.1. The first-order valence-corrected chi connectivity index (χ1v) is 13.8. The molecule has 0 aliphatic carbocycles. The van der Waals surface area contributed by atoms with Crippen molar-refractivity contribution in [3.05, 3.63) is 59.9 Å². The largest absolute Gasteiger partial charge is 0.489 e. The number of nitriles is 1. The van der Waals surface area contributed by atoms with Gasteiger partial charge in [-0.05, 0) is 29.8 Å². The molecule has 208 valence electrons. The van der Waals surface area contributed by atoms with E-state index in [1.165, 1.54) is 7.11 Å². The van der Waals surface area contributed by atoms with Crippen molar-refractivity contribution in [1.82, 2.24) is 14.9 Å². The molecule has 0 spiro atoms. The number of benzene rings is 1. The number of hydrogen-bond donors (Lipinski definition) is 0. The number of furan rings is 1. The third kappa shape index (κ3) is 4.67. The van der Waals surface area contributed by atoms with E-state index in [4.69, 9.17) is 23.4 Å². The molecule has 41 heavy (non-hydrogen) atoms. The van der Waals surface area contributed by atoms with Crippen molar-refractivity contribution >= 4 is 17.0 Å². The first-order chi connectivity index (χ1) is 20.1. The number of rotatable bonds is 6. The Labute approximate surface area is 236 Å². The second kappa shape index (κ2) is 10.5. The monoisotopic (exact) mass is 552 g/mol. The van der Waals surface area contributed by atoms with E-state index in [-0.39, 0.29) is 30.1 Å². The first kappa shape index (κ1) is 25.5. The molecule has 8 rings (SSSR count). The van der Waals surface area contributed by atoms with Crippen molar-refractivity contribution in [2.45, 2.75) is 37.6 Å². The summed E-state index contributed by atoms with van der Waals surface area (Å²) in [5.74, 6) is 1.15. The van der Waals surface area contributed by atoms with Crippen LogP contribution in [0, 0.1) is 11.3 Å². The van der Waals surface area contributed by atoms with E-state index < -0.39 is 0 Å². The number of methoxy groups -OCH3 is 1. The van der Waals surface area contributed by atoms with Gasteiger partial charge in [0.1, 0.15) is 29.2 Å². The van der Waals surface area contributed by atoms with Crippen molar-refractivity contribution in [1.29, 1.82) is 5.26 Å². The molecule has 7 heterocycles. The smallest absolute Gasteiger partial charge is 0.255 e. The minimum atomic E-state index is -0.119. The number of carbonyl (C=O) groups is 1. The van der Waals surface area contributed by atoms with Gasteiger partial charge in [0.05, 0.1) is 49.2 Å². The van der Waals surface area contributed by atoms with Gasteiger partial charge < -0.3 is 28.3 Å². The Bertz CT molecular complexity index is 1660. The van der Waals surface area contributed by atoms with Gasteiger partial charge in [-0.1, -0.05) is 6.07 Å². The molecule has 4 aromatic rings. The number of morpholine rings is 1. The number of aromatic nitrogens is 2. The highest BCUT2D eigenvalue weighted by Crippen LogP contribution is 2.40. The predicted octanol–water partition coefficient (Wildman–Crippen LogP) is 4.61. The fourth-order valence-electron chi connectivity index (χ4n) is 5.86. The minimum absolute atomic E-state index is 0.0246. The first-order valence-electron chi connectivity index (χ1n) is 13.8. The highest BCUT2D eigenvalue weighted by molar-refractivity contribution is 6.03. The lowest BCUT2D eigenvalue weighted by Crippen LogP contribution is -2.58. The van der Waals surface area contributed by atoms with Crippen molar-refractivity contribution in [3.63, 3.8) is 0 Å². The molecule has 0 radical (unpaired) electrons. The highest BCUT2D eigenvalue weighted by Gasteiger charge is 2.41. The third-order valence-corrected chi connectivity index (χ3v) is 7.92. The standard InChI is InChI=1S/C31H28N4O6/c1-37-30-28(24(5-9-34-30)31(36)35-16-21-13-22(17-35)39-21)27-14-25-29(41-27)23(4-8-33-25)18-2-3-26(19(12-18)15-32)40-20-6-10-38-11-7-20/h2-5,8-9,12,14,20-22H,6-7,10-11,13,16-17H2,1H3. The molecule has 10 heteroatoms. The molecule has 4 aliphatic heterocycles. The number of hydrogen-bond acceptors (Lipinski definition) is 9. The Morgan fingerprint density at radius 1 is 1.07 bits per heavy atom. The van der Waals surface area contributed by atoms with Crippen LogP contribution in [0.2, 0.25) is 0 Å². The molecule has 0 saturated carbocycles. The minimum Gasteiger partial charge on any atom is -0.489 e. The van der Waals surface area contributed by atoms with Crippen molar-refractivity contribution < 1.29 is 28.2 Å². The van der Waals surface area contributed by atoms with Crippen molar-refractivity contribution in [2.24, 2.45) is 0 Å². The van der Waals surface area contributed by atoms with Gasteiger partial charge in [-0.25, -0.2) is 4.98 Å². The number of amides is 1. The van der Waals surface area contributed by atoms with E-state index >= 15 is 0 Å². The average Bonchev–Trinajstić information content (AvgIpc) is 3.45. The quantitative estimate of drug-likeness (QED) is 0.338. The molecule has 1 amide bonds. The summed E-state index contributed by atoms with van der Waals surface area (Å²) in [5, 5.41) is 9.90. The highest BCUT2D eigenvalue weighted by atomic mass is 16.5. The summed E-state index contributed by atoms with van der Waals surface area (Å²) >= 11 is 0. The Balaban J connectivity index is 1.26.